The number of fused-ring (bicyclic) bond motifs is 1. The first-order valence-electron chi connectivity index (χ1n) is 3.69. The van der Waals surface area contributed by atoms with Crippen LogP contribution in [0.3, 0.4) is 0 Å². The van der Waals surface area contributed by atoms with Gasteiger partial charge in [0, 0.05) is 19.8 Å². The molecular formula is C8H10N2OS. The summed E-state index contributed by atoms with van der Waals surface area (Å²) in [6, 6.07) is 1.98. The van der Waals surface area contributed by atoms with Crippen LogP contribution in [-0.4, -0.2) is 9.67 Å². The zero-order valence-corrected chi connectivity index (χ0v) is 7.56. The van der Waals surface area contributed by atoms with Crippen LogP contribution in [0.2, 0.25) is 0 Å². The Morgan fingerprint density at radius 2 is 2.42 bits per heavy atom. The van der Waals surface area contributed by atoms with Gasteiger partial charge in [0.1, 0.15) is 5.52 Å². The van der Waals surface area contributed by atoms with Crippen LogP contribution in [0.1, 0.15) is 4.88 Å². The van der Waals surface area contributed by atoms with Gasteiger partial charge in [-0.15, -0.1) is 11.3 Å². The minimum absolute atomic E-state index is 0.338. The molecule has 2 aromatic heterocycles. The lowest BCUT2D eigenvalue weighted by Crippen LogP contribution is -1.93. The molecule has 4 heteroatoms. The van der Waals surface area contributed by atoms with Crippen LogP contribution in [0.5, 0.6) is 5.75 Å². The molecule has 2 heterocycles. The van der Waals surface area contributed by atoms with Gasteiger partial charge in [0.25, 0.3) is 0 Å². The maximum Gasteiger partial charge on any atom is 0.155 e. The standard InChI is InChI=1S/C8H10N2OS/c1-10-3-2-5-7(10)8(11)6(4-9)12-5/h2-3,11H,4,9H2,1H3. The molecule has 0 atom stereocenters. The topological polar surface area (TPSA) is 51.2 Å². The highest BCUT2D eigenvalue weighted by Crippen LogP contribution is 2.36. The maximum atomic E-state index is 9.67. The molecule has 3 N–H and O–H groups in total. The number of aromatic hydroxyl groups is 1. The number of aromatic nitrogens is 1. The fraction of sp³-hybridized carbons (Fsp3) is 0.250. The number of rotatable bonds is 1. The summed E-state index contributed by atoms with van der Waals surface area (Å²) >= 11 is 1.55. The Hall–Kier alpha value is -1.00. The van der Waals surface area contributed by atoms with Gasteiger partial charge in [-0.2, -0.15) is 0 Å². The Kier molecular flexibility index (Phi) is 1.59. The Balaban J connectivity index is 2.80. The summed E-state index contributed by atoms with van der Waals surface area (Å²) in [6.45, 7) is 0.408. The van der Waals surface area contributed by atoms with Crippen LogP contribution in [0.4, 0.5) is 0 Å². The van der Waals surface area contributed by atoms with Crippen molar-refractivity contribution in [2.24, 2.45) is 12.8 Å². The van der Waals surface area contributed by atoms with Crippen LogP contribution in [0.25, 0.3) is 10.2 Å². The lowest BCUT2D eigenvalue weighted by atomic mass is 10.4. The van der Waals surface area contributed by atoms with Crippen LogP contribution in [0.15, 0.2) is 12.3 Å². The number of nitrogens with zero attached hydrogens (tertiary/aromatic N) is 1. The molecule has 0 aromatic carbocycles. The fourth-order valence-corrected chi connectivity index (χ4v) is 2.33. The number of aryl methyl sites for hydroxylation is 1. The minimum atomic E-state index is 0.338. The van der Waals surface area contributed by atoms with E-state index in [0.29, 0.717) is 12.3 Å². The van der Waals surface area contributed by atoms with E-state index in [2.05, 4.69) is 0 Å². The molecule has 0 unspecified atom stereocenters. The first kappa shape index (κ1) is 7.64. The van der Waals surface area contributed by atoms with Crippen LogP contribution < -0.4 is 5.73 Å². The predicted molar refractivity (Wildman–Crippen MR) is 50.4 cm³/mol. The predicted octanol–water partition coefficient (Wildman–Crippen LogP) is 1.40. The van der Waals surface area contributed by atoms with Gasteiger partial charge in [0.2, 0.25) is 0 Å². The molecule has 3 nitrogen and oxygen atoms in total. The van der Waals surface area contributed by atoms with Crippen molar-refractivity contribution in [3.05, 3.63) is 17.1 Å². The molecule has 64 valence electrons. The molecule has 2 rings (SSSR count). The maximum absolute atomic E-state index is 9.67. The van der Waals surface area contributed by atoms with E-state index in [9.17, 15) is 5.11 Å². The fourth-order valence-electron chi connectivity index (χ4n) is 1.32. The van der Waals surface area contributed by atoms with Gasteiger partial charge in [-0.05, 0) is 6.07 Å². The normalized spacial score (nSPS) is 11.2. The Morgan fingerprint density at radius 1 is 1.67 bits per heavy atom. The van der Waals surface area contributed by atoms with Crippen molar-refractivity contribution >= 4 is 21.6 Å². The first-order valence-corrected chi connectivity index (χ1v) is 4.51. The van der Waals surface area contributed by atoms with Crippen molar-refractivity contribution in [3.63, 3.8) is 0 Å². The highest BCUT2D eigenvalue weighted by atomic mass is 32.1. The average molecular weight is 182 g/mol. The molecule has 0 aliphatic heterocycles. The van der Waals surface area contributed by atoms with Gasteiger partial charge in [-0.1, -0.05) is 0 Å². The quantitative estimate of drug-likeness (QED) is 0.700. The molecule has 0 spiro atoms. The van der Waals surface area contributed by atoms with E-state index in [1.165, 1.54) is 0 Å². The van der Waals surface area contributed by atoms with Gasteiger partial charge in [0.05, 0.1) is 9.58 Å². The second kappa shape index (κ2) is 2.50. The molecule has 0 aliphatic carbocycles. The van der Waals surface area contributed by atoms with Crippen molar-refractivity contribution in [1.82, 2.24) is 4.57 Å². The second-order valence-electron chi connectivity index (χ2n) is 2.72. The van der Waals surface area contributed by atoms with E-state index in [4.69, 9.17) is 5.73 Å². The van der Waals surface area contributed by atoms with Gasteiger partial charge >= 0.3 is 0 Å². The summed E-state index contributed by atoms with van der Waals surface area (Å²) in [4.78, 5) is 0.858. The Labute approximate surface area is 74.0 Å². The Morgan fingerprint density at radius 3 is 3.00 bits per heavy atom. The summed E-state index contributed by atoms with van der Waals surface area (Å²) in [5.41, 5.74) is 6.35. The van der Waals surface area contributed by atoms with E-state index in [-0.39, 0.29) is 0 Å². The van der Waals surface area contributed by atoms with Crippen molar-refractivity contribution in [3.8, 4) is 5.75 Å². The van der Waals surface area contributed by atoms with Crippen molar-refractivity contribution in [2.45, 2.75) is 6.54 Å². The highest BCUT2D eigenvalue weighted by molar-refractivity contribution is 7.19. The molecule has 0 saturated carbocycles. The Bertz CT molecular complexity index is 416. The highest BCUT2D eigenvalue weighted by Gasteiger charge is 2.11. The zero-order valence-electron chi connectivity index (χ0n) is 6.74. The third kappa shape index (κ3) is 0.852. The van der Waals surface area contributed by atoms with E-state index in [1.54, 1.807) is 11.3 Å². The minimum Gasteiger partial charge on any atom is -0.505 e. The summed E-state index contributed by atoms with van der Waals surface area (Å²) in [7, 11) is 1.91. The molecule has 0 fully saturated rings. The number of hydrogen-bond donors (Lipinski definition) is 2. The van der Waals surface area contributed by atoms with E-state index >= 15 is 0 Å². The van der Waals surface area contributed by atoms with Crippen LogP contribution in [0, 0.1) is 0 Å². The molecule has 12 heavy (non-hydrogen) atoms. The monoisotopic (exact) mass is 182 g/mol. The summed E-state index contributed by atoms with van der Waals surface area (Å²) in [5.74, 6) is 0.338. The van der Waals surface area contributed by atoms with Crippen molar-refractivity contribution in [2.75, 3.05) is 0 Å². The molecular weight excluding hydrogens is 172 g/mol. The van der Waals surface area contributed by atoms with Crippen LogP contribution >= 0.6 is 11.3 Å². The van der Waals surface area contributed by atoms with Gasteiger partial charge < -0.3 is 15.4 Å². The van der Waals surface area contributed by atoms with Gasteiger partial charge in [0.15, 0.2) is 5.75 Å². The molecule has 0 saturated heterocycles. The second-order valence-corrected chi connectivity index (χ2v) is 3.85. The van der Waals surface area contributed by atoms with E-state index in [0.717, 1.165) is 15.1 Å². The third-order valence-corrected chi connectivity index (χ3v) is 3.10. The van der Waals surface area contributed by atoms with Crippen molar-refractivity contribution in [1.29, 1.82) is 0 Å². The zero-order chi connectivity index (χ0) is 8.72. The van der Waals surface area contributed by atoms with E-state index in [1.807, 2.05) is 23.9 Å². The molecule has 0 radical (unpaired) electrons. The van der Waals surface area contributed by atoms with Gasteiger partial charge in [-0.3, -0.25) is 0 Å². The van der Waals surface area contributed by atoms with E-state index < -0.39 is 0 Å². The van der Waals surface area contributed by atoms with Crippen molar-refractivity contribution < 1.29 is 5.11 Å². The first-order chi connectivity index (χ1) is 5.74. The summed E-state index contributed by atoms with van der Waals surface area (Å²) in [6.07, 6.45) is 1.93. The third-order valence-electron chi connectivity index (χ3n) is 1.94. The lowest BCUT2D eigenvalue weighted by molar-refractivity contribution is 0.475. The molecule has 0 amide bonds. The van der Waals surface area contributed by atoms with Gasteiger partial charge in [-0.25, -0.2) is 0 Å². The smallest absolute Gasteiger partial charge is 0.155 e. The number of hydrogen-bond acceptors (Lipinski definition) is 3. The lowest BCUT2D eigenvalue weighted by Gasteiger charge is -1.94. The SMILES string of the molecule is Cn1ccc2sc(CN)c(O)c21. The molecule has 0 bridgehead atoms. The molecule has 2 aromatic rings. The number of nitrogens with two attached hydrogens (primary N) is 1. The average Bonchev–Trinajstić information content (AvgIpc) is 2.55. The summed E-state index contributed by atoms with van der Waals surface area (Å²) < 4.78 is 3.00. The largest absolute Gasteiger partial charge is 0.505 e. The number of thiophene rings is 1. The van der Waals surface area contributed by atoms with Crippen LogP contribution in [-0.2, 0) is 13.6 Å². The molecule has 0 aliphatic rings. The summed E-state index contributed by atoms with van der Waals surface area (Å²) in [5, 5.41) is 9.67.